The summed E-state index contributed by atoms with van der Waals surface area (Å²) in [6.07, 6.45) is 0. The van der Waals surface area contributed by atoms with E-state index < -0.39 is 11.9 Å². The SMILES string of the molecule is Cc1cc(C(=O)Nc2csc(-c3ccc(Br)cc3)c2C(=O)O)cc(O)n1. The van der Waals surface area contributed by atoms with Crippen molar-refractivity contribution >= 4 is 44.8 Å². The van der Waals surface area contributed by atoms with Crippen LogP contribution in [0.5, 0.6) is 5.88 Å². The lowest BCUT2D eigenvalue weighted by molar-refractivity contribution is 0.0699. The Labute approximate surface area is 161 Å². The van der Waals surface area contributed by atoms with Crippen molar-refractivity contribution in [2.24, 2.45) is 0 Å². The van der Waals surface area contributed by atoms with Crippen LogP contribution in [-0.2, 0) is 0 Å². The molecule has 0 atom stereocenters. The number of aromatic nitrogens is 1. The molecule has 26 heavy (non-hydrogen) atoms. The number of anilines is 1. The Hall–Kier alpha value is -2.71. The molecule has 132 valence electrons. The predicted molar refractivity (Wildman–Crippen MR) is 103 cm³/mol. The molecule has 3 rings (SSSR count). The highest BCUT2D eigenvalue weighted by molar-refractivity contribution is 9.10. The Morgan fingerprint density at radius 3 is 2.50 bits per heavy atom. The third-order valence-corrected chi connectivity index (χ3v) is 5.12. The maximum absolute atomic E-state index is 12.4. The number of carboxylic acids is 1. The Kier molecular flexibility index (Phi) is 5.06. The number of aromatic hydroxyl groups is 1. The molecule has 0 radical (unpaired) electrons. The summed E-state index contributed by atoms with van der Waals surface area (Å²) in [5.74, 6) is -1.92. The number of nitrogens with one attached hydrogen (secondary N) is 1. The van der Waals surface area contributed by atoms with Crippen LogP contribution in [0.15, 0.2) is 46.3 Å². The molecule has 0 aliphatic carbocycles. The van der Waals surface area contributed by atoms with Crippen molar-refractivity contribution in [2.75, 3.05) is 5.32 Å². The molecule has 2 aromatic heterocycles. The van der Waals surface area contributed by atoms with Gasteiger partial charge >= 0.3 is 5.97 Å². The van der Waals surface area contributed by atoms with Crippen molar-refractivity contribution in [3.63, 3.8) is 0 Å². The Morgan fingerprint density at radius 2 is 1.88 bits per heavy atom. The third kappa shape index (κ3) is 3.76. The molecule has 0 unspecified atom stereocenters. The molecule has 0 bridgehead atoms. The topological polar surface area (TPSA) is 99.5 Å². The van der Waals surface area contributed by atoms with Crippen LogP contribution in [0.4, 0.5) is 5.69 Å². The van der Waals surface area contributed by atoms with Gasteiger partial charge in [0.1, 0.15) is 5.56 Å². The van der Waals surface area contributed by atoms with Gasteiger partial charge in [-0.15, -0.1) is 11.3 Å². The number of benzene rings is 1. The lowest BCUT2D eigenvalue weighted by atomic mass is 10.1. The van der Waals surface area contributed by atoms with Crippen LogP contribution >= 0.6 is 27.3 Å². The molecule has 0 aliphatic heterocycles. The minimum atomic E-state index is -1.13. The monoisotopic (exact) mass is 432 g/mol. The number of thiophene rings is 1. The number of nitrogens with zero attached hydrogens (tertiary/aromatic N) is 1. The van der Waals surface area contributed by atoms with E-state index >= 15 is 0 Å². The number of aryl methyl sites for hydroxylation is 1. The fraction of sp³-hybridized carbons (Fsp3) is 0.0556. The van der Waals surface area contributed by atoms with Crippen LogP contribution in [-0.4, -0.2) is 27.1 Å². The lowest BCUT2D eigenvalue weighted by Crippen LogP contribution is -2.14. The van der Waals surface area contributed by atoms with Gasteiger partial charge in [-0.05, 0) is 30.7 Å². The van der Waals surface area contributed by atoms with E-state index in [-0.39, 0.29) is 22.7 Å². The number of aromatic carboxylic acids is 1. The molecular formula is C18H13BrN2O4S. The second-order valence-electron chi connectivity index (χ2n) is 5.48. The summed E-state index contributed by atoms with van der Waals surface area (Å²) in [6.45, 7) is 1.65. The molecule has 2 heterocycles. The van der Waals surface area contributed by atoms with E-state index in [1.165, 1.54) is 23.5 Å². The molecule has 1 amide bonds. The molecule has 3 N–H and O–H groups in total. The van der Waals surface area contributed by atoms with E-state index in [0.29, 0.717) is 10.6 Å². The molecule has 8 heteroatoms. The van der Waals surface area contributed by atoms with E-state index in [1.54, 1.807) is 24.4 Å². The first-order chi connectivity index (χ1) is 12.3. The fourth-order valence-corrected chi connectivity index (χ4v) is 3.72. The highest BCUT2D eigenvalue weighted by Gasteiger charge is 2.21. The van der Waals surface area contributed by atoms with Gasteiger partial charge in [0.05, 0.1) is 10.6 Å². The number of carboxylic acid groups (broad SMARTS) is 1. The standard InChI is InChI=1S/C18H13BrN2O4S/c1-9-6-11(7-14(22)20-9)17(23)21-13-8-26-16(15(13)18(24)25)10-2-4-12(19)5-3-10/h2-8H,1H3,(H,20,22)(H,21,23)(H,24,25). The number of rotatable bonds is 4. The van der Waals surface area contributed by atoms with Crippen LogP contribution in [0.3, 0.4) is 0 Å². The second kappa shape index (κ2) is 7.27. The van der Waals surface area contributed by atoms with Crippen LogP contribution in [0, 0.1) is 6.92 Å². The normalized spacial score (nSPS) is 10.5. The highest BCUT2D eigenvalue weighted by Crippen LogP contribution is 2.36. The molecule has 0 spiro atoms. The minimum absolute atomic E-state index is 0.0284. The molecule has 0 saturated heterocycles. The summed E-state index contributed by atoms with van der Waals surface area (Å²) in [5, 5.41) is 23.4. The zero-order valence-corrected chi connectivity index (χ0v) is 15.9. The fourth-order valence-electron chi connectivity index (χ4n) is 2.45. The maximum atomic E-state index is 12.4. The first-order valence-electron chi connectivity index (χ1n) is 7.45. The van der Waals surface area contributed by atoms with Gasteiger partial charge in [-0.2, -0.15) is 0 Å². The van der Waals surface area contributed by atoms with Crippen molar-refractivity contribution in [3.05, 3.63) is 63.1 Å². The minimum Gasteiger partial charge on any atom is -0.493 e. The van der Waals surface area contributed by atoms with Crippen molar-refractivity contribution < 1.29 is 19.8 Å². The number of halogens is 1. The van der Waals surface area contributed by atoms with Gasteiger partial charge in [0, 0.05) is 27.2 Å². The third-order valence-electron chi connectivity index (χ3n) is 3.56. The Morgan fingerprint density at radius 1 is 1.19 bits per heavy atom. The zero-order chi connectivity index (χ0) is 18.8. The quantitative estimate of drug-likeness (QED) is 0.561. The molecule has 1 aromatic carbocycles. The van der Waals surface area contributed by atoms with Crippen molar-refractivity contribution in [3.8, 4) is 16.3 Å². The van der Waals surface area contributed by atoms with Crippen molar-refractivity contribution in [2.45, 2.75) is 6.92 Å². The first-order valence-corrected chi connectivity index (χ1v) is 9.12. The van der Waals surface area contributed by atoms with Gasteiger partial charge in [-0.25, -0.2) is 9.78 Å². The van der Waals surface area contributed by atoms with Crippen LogP contribution in [0.1, 0.15) is 26.4 Å². The summed E-state index contributed by atoms with van der Waals surface area (Å²) < 4.78 is 0.885. The summed E-state index contributed by atoms with van der Waals surface area (Å²) in [7, 11) is 0. The largest absolute Gasteiger partial charge is 0.493 e. The summed E-state index contributed by atoms with van der Waals surface area (Å²) in [6, 6.07) is 9.99. The van der Waals surface area contributed by atoms with E-state index in [1.807, 2.05) is 12.1 Å². The van der Waals surface area contributed by atoms with Gasteiger partial charge in [-0.3, -0.25) is 4.79 Å². The molecule has 0 fully saturated rings. The van der Waals surface area contributed by atoms with E-state index in [9.17, 15) is 19.8 Å². The average molecular weight is 433 g/mol. The highest BCUT2D eigenvalue weighted by atomic mass is 79.9. The predicted octanol–water partition coefficient (Wildman–Crippen LogP) is 4.54. The van der Waals surface area contributed by atoms with Gasteiger partial charge in [0.25, 0.3) is 5.91 Å². The van der Waals surface area contributed by atoms with Gasteiger partial charge in [0.15, 0.2) is 0 Å². The van der Waals surface area contributed by atoms with E-state index in [4.69, 9.17) is 0 Å². The number of amides is 1. The molecule has 6 nitrogen and oxygen atoms in total. The Balaban J connectivity index is 1.96. The Bertz CT molecular complexity index is 979. The lowest BCUT2D eigenvalue weighted by Gasteiger charge is -2.07. The van der Waals surface area contributed by atoms with Crippen molar-refractivity contribution in [1.82, 2.24) is 4.98 Å². The van der Waals surface area contributed by atoms with Crippen LogP contribution in [0.25, 0.3) is 10.4 Å². The van der Waals surface area contributed by atoms with Gasteiger partial charge < -0.3 is 15.5 Å². The van der Waals surface area contributed by atoms with Crippen LogP contribution < -0.4 is 5.32 Å². The van der Waals surface area contributed by atoms with Gasteiger partial charge in [0.2, 0.25) is 5.88 Å². The maximum Gasteiger partial charge on any atom is 0.339 e. The van der Waals surface area contributed by atoms with E-state index in [2.05, 4.69) is 26.2 Å². The van der Waals surface area contributed by atoms with Crippen LogP contribution in [0.2, 0.25) is 0 Å². The zero-order valence-electron chi connectivity index (χ0n) is 13.5. The van der Waals surface area contributed by atoms with E-state index in [0.717, 1.165) is 10.0 Å². The smallest absolute Gasteiger partial charge is 0.339 e. The summed E-state index contributed by atoms with van der Waals surface area (Å²) in [4.78, 5) is 28.6. The average Bonchev–Trinajstić information content (AvgIpc) is 2.98. The number of carbonyl (C=O) groups excluding carboxylic acids is 1. The van der Waals surface area contributed by atoms with Crippen molar-refractivity contribution in [1.29, 1.82) is 0 Å². The second-order valence-corrected chi connectivity index (χ2v) is 7.27. The molecule has 3 aromatic rings. The molecule has 0 saturated carbocycles. The number of pyridine rings is 1. The van der Waals surface area contributed by atoms with Gasteiger partial charge in [-0.1, -0.05) is 28.1 Å². The molecule has 0 aliphatic rings. The molecular weight excluding hydrogens is 420 g/mol. The number of hydrogen-bond donors (Lipinski definition) is 3. The summed E-state index contributed by atoms with van der Waals surface area (Å²) >= 11 is 4.58. The number of carbonyl (C=O) groups is 2. The number of hydrogen-bond acceptors (Lipinski definition) is 5. The summed E-state index contributed by atoms with van der Waals surface area (Å²) in [5.41, 5.74) is 1.66. The first kappa shape index (κ1) is 18.1.